The molecule has 0 fully saturated rings. The Labute approximate surface area is 233 Å². The van der Waals surface area contributed by atoms with Crippen molar-refractivity contribution in [2.45, 2.75) is 32.7 Å². The molecule has 200 valence electrons. The van der Waals surface area contributed by atoms with Crippen molar-refractivity contribution >= 4 is 39.3 Å². The van der Waals surface area contributed by atoms with Crippen molar-refractivity contribution in [1.82, 2.24) is 4.57 Å². The lowest BCUT2D eigenvalue weighted by molar-refractivity contribution is -0.139. The van der Waals surface area contributed by atoms with Gasteiger partial charge >= 0.3 is 5.97 Å². The van der Waals surface area contributed by atoms with Gasteiger partial charge in [-0.2, -0.15) is 0 Å². The second-order valence-corrected chi connectivity index (χ2v) is 10.3. The van der Waals surface area contributed by atoms with Crippen LogP contribution in [0.15, 0.2) is 61.9 Å². The first kappa shape index (κ1) is 27.7. The molecule has 4 rings (SSSR count). The fraction of sp³-hybridized carbons (Fsp3) is 0.321. The SMILES string of the molecule is CCCC1=C(C(=O)OCC)C(c2ccc(OC)c(Br)c2)n2c(s/c(=C\c3cc(OC)ccc3OC)c2=O)=N1. The Morgan fingerprint density at radius 1 is 1.08 bits per heavy atom. The second kappa shape index (κ2) is 12.0. The minimum atomic E-state index is -0.719. The van der Waals surface area contributed by atoms with Crippen molar-refractivity contribution in [3.8, 4) is 17.2 Å². The molecular weight excluding hydrogens is 572 g/mol. The molecule has 0 bridgehead atoms. The third-order valence-electron chi connectivity index (χ3n) is 6.11. The molecule has 38 heavy (non-hydrogen) atoms. The molecule has 8 nitrogen and oxygen atoms in total. The zero-order valence-corrected chi connectivity index (χ0v) is 24.3. The molecule has 0 N–H and O–H groups in total. The van der Waals surface area contributed by atoms with E-state index in [2.05, 4.69) is 15.9 Å². The van der Waals surface area contributed by atoms with Gasteiger partial charge in [-0.25, -0.2) is 9.79 Å². The number of fused-ring (bicyclic) bond motifs is 1. The predicted molar refractivity (Wildman–Crippen MR) is 150 cm³/mol. The third-order valence-corrected chi connectivity index (χ3v) is 7.71. The lowest BCUT2D eigenvalue weighted by Gasteiger charge is -2.26. The molecule has 0 amide bonds. The van der Waals surface area contributed by atoms with Crippen LogP contribution in [0.5, 0.6) is 17.2 Å². The maximum Gasteiger partial charge on any atom is 0.338 e. The minimum Gasteiger partial charge on any atom is -0.497 e. The van der Waals surface area contributed by atoms with E-state index in [1.54, 1.807) is 57.1 Å². The van der Waals surface area contributed by atoms with E-state index in [0.29, 0.717) is 54.3 Å². The van der Waals surface area contributed by atoms with Gasteiger partial charge in [-0.15, -0.1) is 0 Å². The Morgan fingerprint density at radius 2 is 1.82 bits per heavy atom. The van der Waals surface area contributed by atoms with E-state index in [0.717, 1.165) is 12.0 Å². The van der Waals surface area contributed by atoms with E-state index in [-0.39, 0.29) is 12.2 Å². The fourth-order valence-corrected chi connectivity index (χ4v) is 5.95. The Hall–Kier alpha value is -3.37. The van der Waals surface area contributed by atoms with E-state index >= 15 is 0 Å². The van der Waals surface area contributed by atoms with Crippen molar-refractivity contribution in [3.63, 3.8) is 0 Å². The molecule has 0 aliphatic carbocycles. The molecule has 0 spiro atoms. The number of allylic oxidation sites excluding steroid dienone is 1. The summed E-state index contributed by atoms with van der Waals surface area (Å²) in [6.45, 7) is 3.99. The number of hydrogen-bond acceptors (Lipinski definition) is 8. The highest BCUT2D eigenvalue weighted by molar-refractivity contribution is 9.10. The number of halogens is 1. The largest absolute Gasteiger partial charge is 0.497 e. The summed E-state index contributed by atoms with van der Waals surface area (Å²) in [6.07, 6.45) is 3.10. The maximum atomic E-state index is 14.0. The zero-order valence-electron chi connectivity index (χ0n) is 21.9. The summed E-state index contributed by atoms with van der Waals surface area (Å²) in [7, 11) is 4.74. The molecule has 1 aliphatic heterocycles. The van der Waals surface area contributed by atoms with E-state index in [9.17, 15) is 9.59 Å². The number of nitrogens with zero attached hydrogens (tertiary/aromatic N) is 2. The van der Waals surface area contributed by atoms with E-state index < -0.39 is 12.0 Å². The summed E-state index contributed by atoms with van der Waals surface area (Å²) in [5.41, 5.74) is 2.14. The van der Waals surface area contributed by atoms with Gasteiger partial charge in [0, 0.05) is 5.56 Å². The normalized spacial score (nSPS) is 15.1. The minimum absolute atomic E-state index is 0.209. The summed E-state index contributed by atoms with van der Waals surface area (Å²) < 4.78 is 24.5. The van der Waals surface area contributed by atoms with Crippen LogP contribution in [-0.2, 0) is 9.53 Å². The predicted octanol–water partition coefficient (Wildman–Crippen LogP) is 4.37. The standard InChI is InChI=1S/C28H29BrN2O6S/c1-6-8-20-24(27(33)37-7-2)25(16-9-11-22(36-5)19(29)14-16)31-26(32)23(38-28(31)30-20)15-17-13-18(34-3)10-12-21(17)35-4/h9-15,25H,6-8H2,1-5H3/b23-15-. The highest BCUT2D eigenvalue weighted by Gasteiger charge is 2.34. The number of methoxy groups -OCH3 is 3. The number of carbonyl (C=O) groups is 1. The number of carbonyl (C=O) groups excluding carboxylic acids is 1. The van der Waals surface area contributed by atoms with E-state index in [1.165, 1.54) is 11.3 Å². The van der Waals surface area contributed by atoms with Gasteiger partial charge in [0.25, 0.3) is 5.56 Å². The monoisotopic (exact) mass is 600 g/mol. The van der Waals surface area contributed by atoms with Crippen molar-refractivity contribution in [2.75, 3.05) is 27.9 Å². The Kier molecular flexibility index (Phi) is 8.73. The van der Waals surface area contributed by atoms with Gasteiger partial charge in [0.15, 0.2) is 4.80 Å². The number of hydrogen-bond donors (Lipinski definition) is 0. The average molecular weight is 602 g/mol. The fourth-order valence-electron chi connectivity index (χ4n) is 4.38. The van der Waals surface area contributed by atoms with Crippen molar-refractivity contribution < 1.29 is 23.7 Å². The first-order valence-electron chi connectivity index (χ1n) is 12.1. The molecule has 3 aromatic rings. The summed E-state index contributed by atoms with van der Waals surface area (Å²) in [6, 6.07) is 10.2. The lowest BCUT2D eigenvalue weighted by atomic mass is 9.94. The first-order chi connectivity index (χ1) is 18.4. The molecule has 2 aromatic carbocycles. The van der Waals surface area contributed by atoms with Gasteiger partial charge in [-0.3, -0.25) is 9.36 Å². The number of rotatable bonds is 9. The molecule has 2 heterocycles. The van der Waals surface area contributed by atoms with Crippen LogP contribution in [0.25, 0.3) is 6.08 Å². The second-order valence-electron chi connectivity index (χ2n) is 8.42. The van der Waals surface area contributed by atoms with E-state index in [1.807, 2.05) is 25.1 Å². The summed E-state index contributed by atoms with van der Waals surface area (Å²) in [4.78, 5) is 32.6. The summed E-state index contributed by atoms with van der Waals surface area (Å²) in [5, 5.41) is 0. The molecule has 1 unspecified atom stereocenters. The summed E-state index contributed by atoms with van der Waals surface area (Å²) >= 11 is 4.81. The Bertz CT molecular complexity index is 1570. The van der Waals surface area contributed by atoms with Crippen LogP contribution in [0.2, 0.25) is 0 Å². The highest BCUT2D eigenvalue weighted by Crippen LogP contribution is 2.36. The number of aromatic nitrogens is 1. The topological polar surface area (TPSA) is 88.4 Å². The van der Waals surface area contributed by atoms with Gasteiger partial charge < -0.3 is 18.9 Å². The number of thiazole rings is 1. The quantitative estimate of drug-likeness (QED) is 0.339. The molecule has 1 atom stereocenters. The van der Waals surface area contributed by atoms with Crippen LogP contribution in [-0.4, -0.2) is 38.5 Å². The van der Waals surface area contributed by atoms with E-state index in [4.69, 9.17) is 23.9 Å². The summed E-state index contributed by atoms with van der Waals surface area (Å²) in [5.74, 6) is 1.40. The number of esters is 1. The van der Waals surface area contributed by atoms with Crippen molar-refractivity contribution in [3.05, 3.63) is 83.0 Å². The Balaban J connectivity index is 2.02. The Morgan fingerprint density at radius 3 is 2.45 bits per heavy atom. The first-order valence-corrected chi connectivity index (χ1v) is 13.7. The van der Waals surface area contributed by atoms with Gasteiger partial charge in [-0.1, -0.05) is 30.7 Å². The molecular formula is C28H29BrN2O6S. The lowest BCUT2D eigenvalue weighted by Crippen LogP contribution is -2.40. The highest BCUT2D eigenvalue weighted by atomic mass is 79.9. The molecule has 10 heteroatoms. The van der Waals surface area contributed by atoms with Gasteiger partial charge in [0.05, 0.1) is 54.3 Å². The van der Waals surface area contributed by atoms with Crippen LogP contribution in [0, 0.1) is 0 Å². The number of benzene rings is 2. The van der Waals surface area contributed by atoms with Gasteiger partial charge in [0.1, 0.15) is 17.2 Å². The van der Waals surface area contributed by atoms with Crippen molar-refractivity contribution in [1.29, 1.82) is 0 Å². The molecule has 1 aromatic heterocycles. The van der Waals surface area contributed by atoms with Crippen LogP contribution < -0.4 is 29.1 Å². The molecule has 1 aliphatic rings. The van der Waals surface area contributed by atoms with Crippen LogP contribution in [0.4, 0.5) is 0 Å². The van der Waals surface area contributed by atoms with Crippen LogP contribution >= 0.6 is 27.3 Å². The third kappa shape index (κ3) is 5.28. The smallest absolute Gasteiger partial charge is 0.338 e. The number of ether oxygens (including phenoxy) is 4. The molecule has 0 saturated carbocycles. The molecule has 0 saturated heterocycles. The zero-order chi connectivity index (χ0) is 27.4. The maximum absolute atomic E-state index is 14.0. The molecule has 0 radical (unpaired) electrons. The van der Waals surface area contributed by atoms with Gasteiger partial charge in [0.2, 0.25) is 0 Å². The van der Waals surface area contributed by atoms with Crippen LogP contribution in [0.3, 0.4) is 0 Å². The van der Waals surface area contributed by atoms with Crippen molar-refractivity contribution in [2.24, 2.45) is 4.99 Å². The average Bonchev–Trinajstić information content (AvgIpc) is 3.22. The van der Waals surface area contributed by atoms with Crippen LogP contribution in [0.1, 0.15) is 43.9 Å². The van der Waals surface area contributed by atoms with Gasteiger partial charge in [-0.05, 0) is 71.2 Å².